The van der Waals surface area contributed by atoms with Gasteiger partial charge in [-0.2, -0.15) is 0 Å². The molecule has 0 radical (unpaired) electrons. The number of hydrogen-bond donors (Lipinski definition) is 1. The van der Waals surface area contributed by atoms with E-state index in [0.29, 0.717) is 5.56 Å². The quantitative estimate of drug-likeness (QED) is 0.776. The zero-order chi connectivity index (χ0) is 14.7. The summed E-state index contributed by atoms with van der Waals surface area (Å²) in [7, 11) is 0. The molecule has 2 aromatic carbocycles. The summed E-state index contributed by atoms with van der Waals surface area (Å²) in [5.41, 5.74) is 3.35. The van der Waals surface area contributed by atoms with E-state index in [-0.39, 0.29) is 5.82 Å². The highest BCUT2D eigenvalue weighted by atomic mass is 19.1. The summed E-state index contributed by atoms with van der Waals surface area (Å²) >= 11 is 0. The van der Waals surface area contributed by atoms with Crippen molar-refractivity contribution in [1.29, 1.82) is 0 Å². The average Bonchev–Trinajstić information content (AvgIpc) is 2.54. The lowest BCUT2D eigenvalue weighted by atomic mass is 9.99. The van der Waals surface area contributed by atoms with Crippen molar-refractivity contribution >= 4 is 10.9 Å². The van der Waals surface area contributed by atoms with Gasteiger partial charge in [0.25, 0.3) is 0 Å². The van der Waals surface area contributed by atoms with E-state index in [2.05, 4.69) is 17.2 Å². The van der Waals surface area contributed by atoms with Crippen molar-refractivity contribution in [3.63, 3.8) is 0 Å². The van der Waals surface area contributed by atoms with Crippen molar-refractivity contribution < 1.29 is 4.39 Å². The molecule has 0 aliphatic rings. The lowest BCUT2D eigenvalue weighted by molar-refractivity contribution is 0.629. The predicted molar refractivity (Wildman–Crippen MR) is 84.5 cm³/mol. The van der Waals surface area contributed by atoms with Crippen LogP contribution < -0.4 is 5.32 Å². The third kappa shape index (κ3) is 2.78. The molecule has 3 heteroatoms. The van der Waals surface area contributed by atoms with E-state index in [1.54, 1.807) is 6.20 Å². The summed E-state index contributed by atoms with van der Waals surface area (Å²) in [5, 5.41) is 4.28. The monoisotopic (exact) mass is 280 g/mol. The normalized spacial score (nSPS) is 11.0. The van der Waals surface area contributed by atoms with Crippen molar-refractivity contribution in [3.05, 3.63) is 66.1 Å². The van der Waals surface area contributed by atoms with Crippen molar-refractivity contribution in [2.45, 2.75) is 13.5 Å². The summed E-state index contributed by atoms with van der Waals surface area (Å²) < 4.78 is 14.3. The molecular formula is C18H17FN2. The second-order valence-electron chi connectivity index (χ2n) is 4.98. The van der Waals surface area contributed by atoms with Gasteiger partial charge < -0.3 is 5.32 Å². The molecule has 0 amide bonds. The maximum atomic E-state index is 14.3. The fourth-order valence-electron chi connectivity index (χ4n) is 2.48. The minimum absolute atomic E-state index is 0.214. The highest BCUT2D eigenvalue weighted by molar-refractivity contribution is 5.93. The molecule has 2 nitrogen and oxygen atoms in total. The molecular weight excluding hydrogens is 263 g/mol. The van der Waals surface area contributed by atoms with Gasteiger partial charge in [0.15, 0.2) is 0 Å². The van der Waals surface area contributed by atoms with Crippen molar-refractivity contribution in [1.82, 2.24) is 10.3 Å². The number of fused-ring (bicyclic) bond motifs is 1. The van der Waals surface area contributed by atoms with Crippen LogP contribution in [-0.4, -0.2) is 11.5 Å². The molecule has 21 heavy (non-hydrogen) atoms. The van der Waals surface area contributed by atoms with Gasteiger partial charge in [0, 0.05) is 29.3 Å². The van der Waals surface area contributed by atoms with E-state index in [9.17, 15) is 4.39 Å². The lowest BCUT2D eigenvalue weighted by Crippen LogP contribution is -2.11. The van der Waals surface area contributed by atoms with Crippen LogP contribution in [0.5, 0.6) is 0 Å². The van der Waals surface area contributed by atoms with Crippen LogP contribution in [0.25, 0.3) is 22.0 Å². The molecule has 106 valence electrons. The molecule has 1 N–H and O–H groups in total. The van der Waals surface area contributed by atoms with E-state index in [0.717, 1.165) is 35.1 Å². The lowest BCUT2D eigenvalue weighted by Gasteiger charge is -2.10. The Balaban J connectivity index is 2.13. The average molecular weight is 280 g/mol. The molecule has 0 spiro atoms. The molecule has 0 atom stereocenters. The standard InChI is InChI=1S/C18H17FN2/c1-2-20-12-13-8-9-17(19)16(11-13)15-7-3-5-14-6-4-10-21-18(14)15/h3-11,20H,2,12H2,1H3. The first kappa shape index (κ1) is 13.7. The van der Waals surface area contributed by atoms with Gasteiger partial charge in [-0.1, -0.05) is 37.3 Å². The highest BCUT2D eigenvalue weighted by Gasteiger charge is 2.10. The van der Waals surface area contributed by atoms with E-state index in [1.165, 1.54) is 6.07 Å². The number of benzene rings is 2. The number of pyridine rings is 1. The third-order valence-corrected chi connectivity index (χ3v) is 3.53. The number of halogens is 1. The van der Waals surface area contributed by atoms with Crippen LogP contribution in [0.1, 0.15) is 12.5 Å². The smallest absolute Gasteiger partial charge is 0.131 e. The predicted octanol–water partition coefficient (Wildman–Crippen LogP) is 4.15. The fourth-order valence-corrected chi connectivity index (χ4v) is 2.48. The van der Waals surface area contributed by atoms with Gasteiger partial charge in [0.05, 0.1) is 5.52 Å². The topological polar surface area (TPSA) is 24.9 Å². The van der Waals surface area contributed by atoms with Crippen LogP contribution in [0.4, 0.5) is 4.39 Å². The van der Waals surface area contributed by atoms with Gasteiger partial charge in [-0.3, -0.25) is 4.98 Å². The van der Waals surface area contributed by atoms with Crippen LogP contribution in [0.15, 0.2) is 54.7 Å². The molecule has 1 aromatic heterocycles. The number of nitrogens with zero attached hydrogens (tertiary/aromatic N) is 1. The molecule has 1 heterocycles. The van der Waals surface area contributed by atoms with Crippen molar-refractivity contribution in [2.75, 3.05) is 6.54 Å². The maximum absolute atomic E-state index is 14.3. The van der Waals surface area contributed by atoms with Crippen molar-refractivity contribution in [3.8, 4) is 11.1 Å². The molecule has 3 rings (SSSR count). The molecule has 0 saturated carbocycles. The number of para-hydroxylation sites is 1. The van der Waals surface area contributed by atoms with Gasteiger partial charge in [-0.15, -0.1) is 0 Å². The molecule has 0 unspecified atom stereocenters. The fraction of sp³-hybridized carbons (Fsp3) is 0.167. The Morgan fingerprint density at radius 3 is 2.76 bits per heavy atom. The van der Waals surface area contributed by atoms with Crippen molar-refractivity contribution in [2.24, 2.45) is 0 Å². The molecule has 0 fully saturated rings. The minimum atomic E-state index is -0.214. The van der Waals surface area contributed by atoms with E-state index in [1.807, 2.05) is 42.5 Å². The summed E-state index contributed by atoms with van der Waals surface area (Å²) in [5.74, 6) is -0.214. The Kier molecular flexibility index (Phi) is 3.93. The number of rotatable bonds is 4. The SMILES string of the molecule is CCNCc1ccc(F)c(-c2cccc3cccnc23)c1. The van der Waals surface area contributed by atoms with E-state index in [4.69, 9.17) is 0 Å². The van der Waals surface area contributed by atoms with Crippen LogP contribution in [0, 0.1) is 5.82 Å². The highest BCUT2D eigenvalue weighted by Crippen LogP contribution is 2.29. The largest absolute Gasteiger partial charge is 0.313 e. The molecule has 3 aromatic rings. The molecule has 0 saturated heterocycles. The van der Waals surface area contributed by atoms with Crippen LogP contribution in [0.3, 0.4) is 0 Å². The summed E-state index contributed by atoms with van der Waals surface area (Å²) in [4.78, 5) is 4.41. The Morgan fingerprint density at radius 1 is 1.05 bits per heavy atom. The van der Waals surface area contributed by atoms with Crippen LogP contribution in [-0.2, 0) is 6.54 Å². The van der Waals surface area contributed by atoms with Gasteiger partial charge in [0.2, 0.25) is 0 Å². The molecule has 0 bridgehead atoms. The molecule has 0 aliphatic heterocycles. The molecule has 0 aliphatic carbocycles. The Hall–Kier alpha value is -2.26. The number of hydrogen-bond acceptors (Lipinski definition) is 2. The summed E-state index contributed by atoms with van der Waals surface area (Å²) in [6.45, 7) is 3.68. The Bertz CT molecular complexity index is 763. The first-order chi connectivity index (χ1) is 10.3. The second-order valence-corrected chi connectivity index (χ2v) is 4.98. The van der Waals surface area contributed by atoms with Gasteiger partial charge in [-0.25, -0.2) is 4.39 Å². The van der Waals surface area contributed by atoms with Crippen LogP contribution in [0.2, 0.25) is 0 Å². The third-order valence-electron chi connectivity index (χ3n) is 3.53. The van der Waals surface area contributed by atoms with Crippen LogP contribution >= 0.6 is 0 Å². The number of nitrogens with one attached hydrogen (secondary N) is 1. The summed E-state index contributed by atoms with van der Waals surface area (Å²) in [6.07, 6.45) is 1.74. The van der Waals surface area contributed by atoms with Gasteiger partial charge >= 0.3 is 0 Å². The first-order valence-corrected chi connectivity index (χ1v) is 7.13. The Morgan fingerprint density at radius 2 is 1.90 bits per heavy atom. The minimum Gasteiger partial charge on any atom is -0.313 e. The second kappa shape index (κ2) is 6.02. The zero-order valence-electron chi connectivity index (χ0n) is 11.9. The maximum Gasteiger partial charge on any atom is 0.131 e. The zero-order valence-corrected chi connectivity index (χ0v) is 11.9. The summed E-state index contributed by atoms with van der Waals surface area (Å²) in [6, 6.07) is 15.0. The van der Waals surface area contributed by atoms with Gasteiger partial charge in [0.1, 0.15) is 5.82 Å². The first-order valence-electron chi connectivity index (χ1n) is 7.13. The number of aromatic nitrogens is 1. The van der Waals surface area contributed by atoms with E-state index < -0.39 is 0 Å². The van der Waals surface area contributed by atoms with Gasteiger partial charge in [-0.05, 0) is 30.3 Å². The Labute approximate surface area is 123 Å². The van der Waals surface area contributed by atoms with E-state index >= 15 is 0 Å².